The SMILES string of the molecule is CCCC(CC)(COC(=O)COC(C)=O)Nc1ccccc1. The van der Waals surface area contributed by atoms with Gasteiger partial charge < -0.3 is 14.8 Å². The second kappa shape index (κ2) is 9.07. The van der Waals surface area contributed by atoms with E-state index in [-0.39, 0.29) is 18.8 Å². The third kappa shape index (κ3) is 6.16. The average Bonchev–Trinajstić information content (AvgIpc) is 2.52. The number of esters is 2. The number of carbonyl (C=O) groups excluding carboxylic acids is 2. The van der Waals surface area contributed by atoms with Crippen molar-refractivity contribution in [2.45, 2.75) is 45.6 Å². The van der Waals surface area contributed by atoms with Crippen LogP contribution in [0.25, 0.3) is 0 Å². The van der Waals surface area contributed by atoms with E-state index in [0.717, 1.165) is 24.9 Å². The second-order valence-corrected chi connectivity index (χ2v) is 5.32. The van der Waals surface area contributed by atoms with E-state index in [4.69, 9.17) is 4.74 Å². The molecule has 22 heavy (non-hydrogen) atoms. The maximum Gasteiger partial charge on any atom is 0.344 e. The number of para-hydroxylation sites is 1. The highest BCUT2D eigenvalue weighted by atomic mass is 16.6. The molecule has 0 bridgehead atoms. The molecule has 0 aliphatic heterocycles. The molecule has 122 valence electrons. The summed E-state index contributed by atoms with van der Waals surface area (Å²) in [5.41, 5.74) is 0.677. The minimum Gasteiger partial charge on any atom is -0.461 e. The summed E-state index contributed by atoms with van der Waals surface area (Å²) in [6, 6.07) is 9.85. The number of hydrogen-bond acceptors (Lipinski definition) is 5. The maximum atomic E-state index is 11.6. The topological polar surface area (TPSA) is 64.6 Å². The van der Waals surface area contributed by atoms with Gasteiger partial charge in [0.25, 0.3) is 0 Å². The molecule has 0 aliphatic rings. The van der Waals surface area contributed by atoms with Crippen molar-refractivity contribution in [1.29, 1.82) is 0 Å². The summed E-state index contributed by atoms with van der Waals surface area (Å²) in [6.45, 7) is 5.32. The van der Waals surface area contributed by atoms with Gasteiger partial charge in [-0.3, -0.25) is 4.79 Å². The predicted molar refractivity (Wildman–Crippen MR) is 85.6 cm³/mol. The van der Waals surface area contributed by atoms with Crippen LogP contribution < -0.4 is 5.32 Å². The van der Waals surface area contributed by atoms with Gasteiger partial charge in [0.15, 0.2) is 6.61 Å². The van der Waals surface area contributed by atoms with Crippen LogP contribution in [0.5, 0.6) is 0 Å². The molecule has 0 amide bonds. The van der Waals surface area contributed by atoms with Crippen LogP contribution >= 0.6 is 0 Å². The van der Waals surface area contributed by atoms with Gasteiger partial charge in [-0.15, -0.1) is 0 Å². The number of carbonyl (C=O) groups is 2. The number of rotatable bonds is 9. The predicted octanol–water partition coefficient (Wildman–Crippen LogP) is 3.15. The van der Waals surface area contributed by atoms with E-state index in [1.807, 2.05) is 30.3 Å². The van der Waals surface area contributed by atoms with Crippen LogP contribution in [0, 0.1) is 0 Å². The summed E-state index contributed by atoms with van der Waals surface area (Å²) in [5, 5.41) is 3.48. The molecule has 0 heterocycles. The Morgan fingerprint density at radius 3 is 2.36 bits per heavy atom. The molecule has 5 heteroatoms. The van der Waals surface area contributed by atoms with Crippen molar-refractivity contribution in [2.75, 3.05) is 18.5 Å². The number of hydrogen-bond donors (Lipinski definition) is 1. The lowest BCUT2D eigenvalue weighted by Gasteiger charge is -2.34. The Kier molecular flexibility index (Phi) is 7.43. The normalized spacial score (nSPS) is 13.0. The van der Waals surface area contributed by atoms with Gasteiger partial charge in [0.1, 0.15) is 6.61 Å². The zero-order valence-corrected chi connectivity index (χ0v) is 13.6. The quantitative estimate of drug-likeness (QED) is 0.710. The highest BCUT2D eigenvalue weighted by molar-refractivity contribution is 5.75. The highest BCUT2D eigenvalue weighted by Crippen LogP contribution is 2.24. The molecular formula is C17H25NO4. The number of benzene rings is 1. The number of anilines is 1. The van der Waals surface area contributed by atoms with E-state index >= 15 is 0 Å². The fraction of sp³-hybridized carbons (Fsp3) is 0.529. The van der Waals surface area contributed by atoms with Gasteiger partial charge in [0.05, 0.1) is 5.54 Å². The minimum absolute atomic E-state index is 0.242. The first-order chi connectivity index (χ1) is 10.5. The van der Waals surface area contributed by atoms with Gasteiger partial charge in [-0.25, -0.2) is 4.79 Å². The summed E-state index contributed by atoms with van der Waals surface area (Å²) in [4.78, 5) is 22.3. The Hall–Kier alpha value is -2.04. The van der Waals surface area contributed by atoms with Gasteiger partial charge in [-0.05, 0) is 25.0 Å². The van der Waals surface area contributed by atoms with Crippen LogP contribution in [0.1, 0.15) is 40.0 Å². The minimum atomic E-state index is -0.529. The Balaban J connectivity index is 2.66. The van der Waals surface area contributed by atoms with Crippen molar-refractivity contribution in [2.24, 2.45) is 0 Å². The Bertz CT molecular complexity index is 475. The molecule has 1 atom stereocenters. The van der Waals surface area contributed by atoms with Crippen LogP contribution in [-0.4, -0.2) is 30.7 Å². The lowest BCUT2D eigenvalue weighted by molar-refractivity contribution is -0.158. The van der Waals surface area contributed by atoms with Crippen LogP contribution in [0.15, 0.2) is 30.3 Å². The Morgan fingerprint density at radius 1 is 1.14 bits per heavy atom. The van der Waals surface area contributed by atoms with E-state index in [2.05, 4.69) is 23.9 Å². The van der Waals surface area contributed by atoms with Crippen LogP contribution in [0.4, 0.5) is 5.69 Å². The number of nitrogens with one attached hydrogen (secondary N) is 1. The van der Waals surface area contributed by atoms with Crippen molar-refractivity contribution in [3.8, 4) is 0 Å². The molecule has 0 radical (unpaired) electrons. The van der Waals surface area contributed by atoms with Crippen molar-refractivity contribution >= 4 is 17.6 Å². The van der Waals surface area contributed by atoms with Crippen LogP contribution in [0.3, 0.4) is 0 Å². The molecule has 1 rings (SSSR count). The lowest BCUT2D eigenvalue weighted by Crippen LogP contribution is -2.43. The molecule has 1 N–H and O–H groups in total. The average molecular weight is 307 g/mol. The molecule has 0 aliphatic carbocycles. The van der Waals surface area contributed by atoms with Gasteiger partial charge >= 0.3 is 11.9 Å². The summed E-state index contributed by atoms with van der Waals surface area (Å²) in [5.74, 6) is -1.02. The molecule has 5 nitrogen and oxygen atoms in total. The molecule has 0 fully saturated rings. The van der Waals surface area contributed by atoms with Crippen molar-refractivity contribution in [3.63, 3.8) is 0 Å². The summed E-state index contributed by atoms with van der Waals surface area (Å²) in [6.07, 6.45) is 2.66. The van der Waals surface area contributed by atoms with E-state index < -0.39 is 11.9 Å². The highest BCUT2D eigenvalue weighted by Gasteiger charge is 2.29. The first kappa shape index (κ1) is 18.0. The summed E-state index contributed by atoms with van der Waals surface area (Å²) < 4.78 is 9.94. The molecule has 0 saturated heterocycles. The maximum absolute atomic E-state index is 11.6. The third-order valence-electron chi connectivity index (χ3n) is 3.49. The third-order valence-corrected chi connectivity index (χ3v) is 3.49. The molecule has 0 saturated carbocycles. The Morgan fingerprint density at radius 2 is 1.82 bits per heavy atom. The zero-order chi connectivity index (χ0) is 16.4. The molecule has 1 aromatic carbocycles. The molecule has 0 spiro atoms. The van der Waals surface area contributed by atoms with E-state index in [1.54, 1.807) is 0 Å². The molecule has 1 aromatic rings. The van der Waals surface area contributed by atoms with Gasteiger partial charge in [0.2, 0.25) is 0 Å². The van der Waals surface area contributed by atoms with Crippen LogP contribution in [-0.2, 0) is 19.1 Å². The van der Waals surface area contributed by atoms with Gasteiger partial charge in [0, 0.05) is 12.6 Å². The van der Waals surface area contributed by atoms with E-state index in [9.17, 15) is 9.59 Å². The standard InChI is InChI=1S/C17H25NO4/c1-4-11-17(5-2,18-15-9-7-6-8-10-15)13-22-16(20)12-21-14(3)19/h6-10,18H,4-5,11-13H2,1-3H3. The first-order valence-corrected chi connectivity index (χ1v) is 7.63. The molecule has 1 unspecified atom stereocenters. The van der Waals surface area contributed by atoms with Gasteiger partial charge in [-0.1, -0.05) is 38.5 Å². The summed E-state index contributed by atoms with van der Waals surface area (Å²) >= 11 is 0. The Labute approximate surface area is 132 Å². The van der Waals surface area contributed by atoms with Crippen molar-refractivity contribution < 1.29 is 19.1 Å². The fourth-order valence-electron chi connectivity index (χ4n) is 2.27. The van der Waals surface area contributed by atoms with Crippen molar-refractivity contribution in [3.05, 3.63) is 30.3 Å². The smallest absolute Gasteiger partial charge is 0.344 e. The van der Waals surface area contributed by atoms with Crippen molar-refractivity contribution in [1.82, 2.24) is 0 Å². The first-order valence-electron chi connectivity index (χ1n) is 7.63. The molecule has 0 aromatic heterocycles. The van der Waals surface area contributed by atoms with Crippen LogP contribution in [0.2, 0.25) is 0 Å². The molecular weight excluding hydrogens is 282 g/mol. The monoisotopic (exact) mass is 307 g/mol. The fourth-order valence-corrected chi connectivity index (χ4v) is 2.27. The summed E-state index contributed by atoms with van der Waals surface area (Å²) in [7, 11) is 0. The second-order valence-electron chi connectivity index (χ2n) is 5.32. The number of ether oxygens (including phenoxy) is 2. The van der Waals surface area contributed by atoms with Gasteiger partial charge in [-0.2, -0.15) is 0 Å². The van der Waals surface area contributed by atoms with E-state index in [0.29, 0.717) is 0 Å². The van der Waals surface area contributed by atoms with E-state index in [1.165, 1.54) is 6.92 Å². The lowest BCUT2D eigenvalue weighted by atomic mass is 9.91. The largest absolute Gasteiger partial charge is 0.461 e. The zero-order valence-electron chi connectivity index (χ0n) is 13.6.